The highest BCUT2D eigenvalue weighted by molar-refractivity contribution is 7.47. The van der Waals surface area contributed by atoms with Gasteiger partial charge < -0.3 is 25.2 Å². The maximum Gasteiger partial charge on any atom is 0.472 e. The van der Waals surface area contributed by atoms with Gasteiger partial charge in [-0.2, -0.15) is 0 Å². The Labute approximate surface area is 330 Å². The molecule has 0 saturated carbocycles. The Morgan fingerprint density at radius 3 is 1.56 bits per heavy atom. The minimum absolute atomic E-state index is 0.0134. The summed E-state index contributed by atoms with van der Waals surface area (Å²) in [4.78, 5) is 33.5. The molecule has 0 aliphatic carbocycles. The average molecular weight is 788 g/mol. The summed E-state index contributed by atoms with van der Waals surface area (Å²) in [5.41, 5.74) is 5.35. The van der Waals surface area contributed by atoms with Gasteiger partial charge in [0.25, 0.3) is 0 Å². The van der Waals surface area contributed by atoms with Gasteiger partial charge >= 0.3 is 19.8 Å². The zero-order valence-corrected chi connectivity index (χ0v) is 35.5. The molecular formula is C43H82NO9P. The molecule has 0 aliphatic heterocycles. The smallest absolute Gasteiger partial charge is 0.472 e. The molecule has 10 nitrogen and oxygen atoms in total. The molecule has 0 saturated heterocycles. The lowest BCUT2D eigenvalue weighted by Gasteiger charge is -2.20. The first-order chi connectivity index (χ1) is 26.2. The average Bonchev–Trinajstić information content (AvgIpc) is 3.15. The van der Waals surface area contributed by atoms with Gasteiger partial charge in [0.15, 0.2) is 0 Å². The van der Waals surface area contributed by atoms with Gasteiger partial charge in [-0.25, -0.2) is 4.57 Å². The summed E-state index contributed by atoms with van der Waals surface area (Å²) in [5.74, 6) is -1.78. The molecule has 0 heterocycles. The normalized spacial score (nSPS) is 14.1. The van der Waals surface area contributed by atoms with Gasteiger partial charge in [0.05, 0.1) is 19.8 Å². The van der Waals surface area contributed by atoms with E-state index in [0.717, 1.165) is 44.9 Å². The zero-order chi connectivity index (χ0) is 39.8. The number of phosphoric acid groups is 1. The van der Waals surface area contributed by atoms with E-state index in [-0.39, 0.29) is 13.0 Å². The van der Waals surface area contributed by atoms with Gasteiger partial charge in [0.1, 0.15) is 12.1 Å². The highest BCUT2D eigenvalue weighted by Crippen LogP contribution is 2.43. The molecule has 0 aromatic heterocycles. The van der Waals surface area contributed by atoms with Gasteiger partial charge in [-0.1, -0.05) is 179 Å². The predicted octanol–water partition coefficient (Wildman–Crippen LogP) is 11.9. The number of carbonyl (C=O) groups excluding carboxylic acids is 1. The molecule has 0 amide bonds. The van der Waals surface area contributed by atoms with Crippen LogP contribution in [0.3, 0.4) is 0 Å². The van der Waals surface area contributed by atoms with Crippen molar-refractivity contribution in [3.8, 4) is 0 Å². The number of allylic oxidation sites excluding steroid dienone is 4. The van der Waals surface area contributed by atoms with E-state index in [1.807, 2.05) is 0 Å². The third-order valence-corrected chi connectivity index (χ3v) is 10.4. The van der Waals surface area contributed by atoms with Crippen molar-refractivity contribution < 1.29 is 42.7 Å². The second-order valence-electron chi connectivity index (χ2n) is 14.8. The van der Waals surface area contributed by atoms with Crippen LogP contribution in [0.25, 0.3) is 0 Å². The molecule has 0 rings (SSSR count). The molecule has 3 atom stereocenters. The van der Waals surface area contributed by atoms with E-state index in [2.05, 4.69) is 38.2 Å². The second kappa shape index (κ2) is 39.7. The van der Waals surface area contributed by atoms with E-state index in [9.17, 15) is 19.0 Å². The maximum atomic E-state index is 12.6. The zero-order valence-electron chi connectivity index (χ0n) is 34.6. The van der Waals surface area contributed by atoms with Gasteiger partial charge in [0.2, 0.25) is 0 Å². The number of hydrogen-bond acceptors (Lipinski definition) is 8. The highest BCUT2D eigenvalue weighted by Gasteiger charge is 2.27. The Morgan fingerprint density at radius 1 is 0.593 bits per heavy atom. The summed E-state index contributed by atoms with van der Waals surface area (Å²) in [6, 6.07) is -1.47. The van der Waals surface area contributed by atoms with E-state index in [0.29, 0.717) is 13.0 Å². The van der Waals surface area contributed by atoms with Gasteiger partial charge in [-0.15, -0.1) is 0 Å². The predicted molar refractivity (Wildman–Crippen MR) is 222 cm³/mol. The lowest BCUT2D eigenvalue weighted by molar-refractivity contribution is -0.154. The Bertz CT molecular complexity index is 961. The molecule has 54 heavy (non-hydrogen) atoms. The molecule has 318 valence electrons. The number of esters is 1. The second-order valence-corrected chi connectivity index (χ2v) is 16.3. The van der Waals surface area contributed by atoms with Crippen LogP contribution in [0.1, 0.15) is 200 Å². The fraction of sp³-hybridized carbons (Fsp3) is 0.860. The molecule has 0 aromatic carbocycles. The van der Waals surface area contributed by atoms with Crippen LogP contribution in [-0.2, 0) is 32.7 Å². The van der Waals surface area contributed by atoms with E-state index in [1.54, 1.807) is 0 Å². The van der Waals surface area contributed by atoms with Crippen LogP contribution in [0.2, 0.25) is 0 Å². The summed E-state index contributed by atoms with van der Waals surface area (Å²) in [6.07, 6.45) is 42.2. The quantitative estimate of drug-likeness (QED) is 0.0236. The number of carbonyl (C=O) groups is 2. The van der Waals surface area contributed by atoms with Gasteiger partial charge in [-0.3, -0.25) is 18.6 Å². The first-order valence-electron chi connectivity index (χ1n) is 21.9. The largest absolute Gasteiger partial charge is 0.480 e. The van der Waals surface area contributed by atoms with Crippen LogP contribution in [0.5, 0.6) is 0 Å². The Hall–Kier alpha value is -1.55. The molecule has 3 unspecified atom stereocenters. The fourth-order valence-electron chi connectivity index (χ4n) is 6.03. The highest BCUT2D eigenvalue weighted by atomic mass is 31.2. The van der Waals surface area contributed by atoms with Gasteiger partial charge in [-0.05, 0) is 38.5 Å². The van der Waals surface area contributed by atoms with E-state index >= 15 is 0 Å². The van der Waals surface area contributed by atoms with Crippen LogP contribution in [0.4, 0.5) is 0 Å². The third kappa shape index (κ3) is 38.7. The SMILES string of the molecule is CCCC/C=C\C/C=C\CCCCCCCCOCC(COP(=O)(O)OCC(N)C(=O)O)OC(=O)CCCCCCCCCCCCCCCCCCC. The molecular weight excluding hydrogens is 705 g/mol. The summed E-state index contributed by atoms with van der Waals surface area (Å²) < 4.78 is 33.3. The number of ether oxygens (including phenoxy) is 2. The number of unbranched alkanes of at least 4 members (excludes halogenated alkanes) is 24. The third-order valence-electron chi connectivity index (χ3n) is 9.48. The lowest BCUT2D eigenvalue weighted by Crippen LogP contribution is -2.34. The number of hydrogen-bond donors (Lipinski definition) is 3. The summed E-state index contributed by atoms with van der Waals surface area (Å²) in [7, 11) is -4.61. The summed E-state index contributed by atoms with van der Waals surface area (Å²) in [6.45, 7) is 3.84. The van der Waals surface area contributed by atoms with Crippen molar-refractivity contribution >= 4 is 19.8 Å². The Kier molecular flexibility index (Phi) is 38.5. The van der Waals surface area contributed by atoms with Crippen molar-refractivity contribution in [2.24, 2.45) is 5.73 Å². The number of aliphatic carboxylic acids is 1. The van der Waals surface area contributed by atoms with Crippen molar-refractivity contribution in [3.05, 3.63) is 24.3 Å². The number of nitrogens with two attached hydrogens (primary N) is 1. The van der Waals surface area contributed by atoms with Crippen molar-refractivity contribution in [2.45, 2.75) is 212 Å². The van der Waals surface area contributed by atoms with Crippen LogP contribution < -0.4 is 5.73 Å². The van der Waals surface area contributed by atoms with Crippen molar-refractivity contribution in [1.29, 1.82) is 0 Å². The molecule has 11 heteroatoms. The van der Waals surface area contributed by atoms with Crippen molar-refractivity contribution in [2.75, 3.05) is 26.4 Å². The van der Waals surface area contributed by atoms with Crippen molar-refractivity contribution in [1.82, 2.24) is 0 Å². The molecule has 0 spiro atoms. The van der Waals surface area contributed by atoms with E-state index < -0.39 is 45.1 Å². The van der Waals surface area contributed by atoms with E-state index in [4.69, 9.17) is 29.4 Å². The van der Waals surface area contributed by atoms with Crippen LogP contribution in [-0.4, -0.2) is 60.5 Å². The van der Waals surface area contributed by atoms with Crippen LogP contribution >= 0.6 is 7.82 Å². The fourth-order valence-corrected chi connectivity index (χ4v) is 6.81. The number of rotatable bonds is 42. The monoisotopic (exact) mass is 788 g/mol. The maximum absolute atomic E-state index is 12.6. The first-order valence-corrected chi connectivity index (χ1v) is 23.4. The van der Waals surface area contributed by atoms with Gasteiger partial charge in [0, 0.05) is 13.0 Å². The number of carboxylic acids is 1. The molecule has 0 aromatic rings. The number of phosphoric ester groups is 1. The van der Waals surface area contributed by atoms with Crippen molar-refractivity contribution in [3.63, 3.8) is 0 Å². The molecule has 4 N–H and O–H groups in total. The van der Waals surface area contributed by atoms with E-state index in [1.165, 1.54) is 128 Å². The molecule has 0 bridgehead atoms. The minimum atomic E-state index is -4.61. The summed E-state index contributed by atoms with van der Waals surface area (Å²) in [5, 5.41) is 8.89. The minimum Gasteiger partial charge on any atom is -0.480 e. The first kappa shape index (κ1) is 52.5. The van der Waals surface area contributed by atoms with Crippen LogP contribution in [0, 0.1) is 0 Å². The lowest BCUT2D eigenvalue weighted by atomic mass is 10.0. The molecule has 0 fully saturated rings. The Balaban J connectivity index is 4.22. The topological polar surface area (TPSA) is 155 Å². The standard InChI is InChI=1S/C43H82NO9P/c1-3-5-7-9-11-13-15-17-19-20-21-23-25-27-29-31-33-35-42(45)53-40(38-51-54(48,49)52-39-41(44)43(46)47)37-50-36-34-32-30-28-26-24-22-18-16-14-12-10-8-6-4-2/h10,12,16,18,40-41H,3-9,11,13-15,17,19-39,44H2,1-2H3,(H,46,47)(H,48,49)/b12-10-,18-16-. The number of carboxylic acid groups (broad SMARTS) is 1. The molecule has 0 aliphatic rings. The molecule has 0 radical (unpaired) electrons. The summed E-state index contributed by atoms with van der Waals surface area (Å²) >= 11 is 0. The van der Waals surface area contributed by atoms with Crippen LogP contribution in [0.15, 0.2) is 24.3 Å². The Morgan fingerprint density at radius 2 is 1.04 bits per heavy atom.